The van der Waals surface area contributed by atoms with E-state index in [9.17, 15) is 0 Å². The van der Waals surface area contributed by atoms with Gasteiger partial charge in [0.25, 0.3) is 0 Å². The molecule has 1 aliphatic rings. The molecular formula is C7H13NS. The second kappa shape index (κ2) is 2.74. The Morgan fingerprint density at radius 3 is 2.44 bits per heavy atom. The summed E-state index contributed by atoms with van der Waals surface area (Å²) in [5.74, 6) is 1.19. The molecule has 0 saturated heterocycles. The lowest BCUT2D eigenvalue weighted by molar-refractivity contribution is 0.457. The van der Waals surface area contributed by atoms with Crippen LogP contribution in [0.15, 0.2) is 4.99 Å². The van der Waals surface area contributed by atoms with Crippen LogP contribution in [0, 0.1) is 0 Å². The molecule has 0 N–H and O–H groups in total. The minimum atomic E-state index is 0.310. The van der Waals surface area contributed by atoms with Crippen LogP contribution in [0.2, 0.25) is 0 Å². The van der Waals surface area contributed by atoms with Gasteiger partial charge >= 0.3 is 0 Å². The van der Waals surface area contributed by atoms with Crippen LogP contribution in [0.1, 0.15) is 26.7 Å². The molecule has 1 rings (SSSR count). The number of aliphatic imine (C=N–C) groups is 1. The summed E-state index contributed by atoms with van der Waals surface area (Å²) in [6, 6.07) is 0. The Hall–Kier alpha value is 0.0200. The van der Waals surface area contributed by atoms with Gasteiger partial charge in [-0.2, -0.15) is 0 Å². The monoisotopic (exact) mass is 143 g/mol. The van der Waals surface area contributed by atoms with Crippen molar-refractivity contribution in [2.75, 3.05) is 5.75 Å². The molecule has 0 atom stereocenters. The van der Waals surface area contributed by atoms with Gasteiger partial charge in [-0.15, -0.1) is 11.8 Å². The van der Waals surface area contributed by atoms with Crippen molar-refractivity contribution in [3.8, 4) is 0 Å². The molecule has 0 aromatic heterocycles. The van der Waals surface area contributed by atoms with Crippen molar-refractivity contribution in [3.05, 3.63) is 0 Å². The van der Waals surface area contributed by atoms with Gasteiger partial charge in [-0.05, 0) is 12.8 Å². The molecule has 1 nitrogen and oxygen atoms in total. The molecule has 0 spiro atoms. The first-order valence-corrected chi connectivity index (χ1v) is 4.53. The zero-order chi connectivity index (χ0) is 6.74. The summed E-state index contributed by atoms with van der Waals surface area (Å²) in [6.07, 6.45) is 2.38. The van der Waals surface area contributed by atoms with E-state index in [4.69, 9.17) is 0 Å². The molecule has 0 amide bonds. The van der Waals surface area contributed by atoms with Crippen LogP contribution >= 0.6 is 11.8 Å². The maximum absolute atomic E-state index is 4.44. The highest BCUT2D eigenvalue weighted by molar-refractivity contribution is 8.12. The number of nitrogens with zero attached hydrogens (tertiary/aromatic N) is 1. The van der Waals surface area contributed by atoms with E-state index in [1.54, 1.807) is 0 Å². The summed E-state index contributed by atoms with van der Waals surface area (Å²) in [5, 5.41) is 0. The first-order chi connectivity index (χ1) is 4.33. The normalized spacial score (nSPS) is 22.9. The van der Waals surface area contributed by atoms with E-state index in [-0.39, 0.29) is 0 Å². The number of rotatable bonds is 2. The molecule has 0 bridgehead atoms. The molecule has 0 saturated carbocycles. The Kier molecular flexibility index (Phi) is 2.17. The highest BCUT2D eigenvalue weighted by Crippen LogP contribution is 2.29. The summed E-state index contributed by atoms with van der Waals surface area (Å²) in [4.78, 5) is 4.44. The molecule has 0 unspecified atom stereocenters. The van der Waals surface area contributed by atoms with E-state index in [1.807, 2.05) is 17.3 Å². The van der Waals surface area contributed by atoms with Gasteiger partial charge < -0.3 is 0 Å². The quantitative estimate of drug-likeness (QED) is 0.578. The Morgan fingerprint density at radius 2 is 2.22 bits per heavy atom. The van der Waals surface area contributed by atoms with Crippen molar-refractivity contribution in [2.45, 2.75) is 32.2 Å². The lowest BCUT2D eigenvalue weighted by atomic mass is 9.97. The van der Waals surface area contributed by atoms with Crippen LogP contribution < -0.4 is 0 Å². The molecule has 0 fully saturated rings. The molecule has 0 aromatic carbocycles. The molecular weight excluding hydrogens is 130 g/mol. The van der Waals surface area contributed by atoms with Crippen LogP contribution in [-0.4, -0.2) is 16.8 Å². The van der Waals surface area contributed by atoms with Crippen molar-refractivity contribution >= 4 is 17.3 Å². The van der Waals surface area contributed by atoms with Crippen LogP contribution in [0.5, 0.6) is 0 Å². The van der Waals surface area contributed by atoms with Gasteiger partial charge in [0.05, 0.1) is 11.1 Å². The average molecular weight is 143 g/mol. The summed E-state index contributed by atoms with van der Waals surface area (Å²) in [6.45, 7) is 4.43. The first kappa shape index (κ1) is 7.13. The fourth-order valence-electron chi connectivity index (χ4n) is 1.02. The Balaban J connectivity index is 2.57. The van der Waals surface area contributed by atoms with Gasteiger partial charge in [-0.3, -0.25) is 4.99 Å². The number of hydrogen-bond acceptors (Lipinski definition) is 2. The maximum atomic E-state index is 4.44. The van der Waals surface area contributed by atoms with Crippen molar-refractivity contribution < 1.29 is 0 Å². The summed E-state index contributed by atoms with van der Waals surface area (Å²) in [7, 11) is 0. The van der Waals surface area contributed by atoms with Crippen molar-refractivity contribution in [3.63, 3.8) is 0 Å². The van der Waals surface area contributed by atoms with Gasteiger partial charge in [0.2, 0.25) is 0 Å². The summed E-state index contributed by atoms with van der Waals surface area (Å²) >= 11 is 1.84. The van der Waals surface area contributed by atoms with E-state index < -0.39 is 0 Å². The van der Waals surface area contributed by atoms with Crippen LogP contribution in [-0.2, 0) is 0 Å². The SMILES string of the molecule is CCC1(CC)CSC=N1. The summed E-state index contributed by atoms with van der Waals surface area (Å²) in [5.41, 5.74) is 2.30. The molecule has 52 valence electrons. The zero-order valence-corrected chi connectivity index (χ0v) is 6.87. The van der Waals surface area contributed by atoms with E-state index in [0.29, 0.717) is 5.54 Å². The van der Waals surface area contributed by atoms with Gasteiger partial charge in [-0.25, -0.2) is 0 Å². The molecule has 2 heteroatoms. The van der Waals surface area contributed by atoms with Gasteiger partial charge in [0.1, 0.15) is 0 Å². The zero-order valence-electron chi connectivity index (χ0n) is 6.05. The first-order valence-electron chi connectivity index (χ1n) is 3.48. The number of thioether (sulfide) groups is 1. The van der Waals surface area contributed by atoms with Crippen molar-refractivity contribution in [1.29, 1.82) is 0 Å². The smallest absolute Gasteiger partial charge is 0.0702 e. The minimum Gasteiger partial charge on any atom is -0.279 e. The van der Waals surface area contributed by atoms with Crippen LogP contribution in [0.4, 0.5) is 0 Å². The Bertz CT molecular complexity index is 116. The minimum absolute atomic E-state index is 0.310. The van der Waals surface area contributed by atoms with Gasteiger partial charge in [0.15, 0.2) is 0 Å². The van der Waals surface area contributed by atoms with Crippen LogP contribution in [0.25, 0.3) is 0 Å². The standard InChI is InChI=1S/C7H13NS/c1-3-7(4-2)5-9-6-8-7/h6H,3-5H2,1-2H3. The fraction of sp³-hybridized carbons (Fsp3) is 0.857. The maximum Gasteiger partial charge on any atom is 0.0702 e. The van der Waals surface area contributed by atoms with E-state index in [0.717, 1.165) is 0 Å². The molecule has 0 aliphatic carbocycles. The molecule has 1 aliphatic heterocycles. The fourth-order valence-corrected chi connectivity index (χ4v) is 2.18. The van der Waals surface area contributed by atoms with Gasteiger partial charge in [-0.1, -0.05) is 13.8 Å². The Morgan fingerprint density at radius 1 is 1.56 bits per heavy atom. The highest BCUT2D eigenvalue weighted by Gasteiger charge is 2.27. The van der Waals surface area contributed by atoms with Crippen molar-refractivity contribution in [2.24, 2.45) is 4.99 Å². The lowest BCUT2D eigenvalue weighted by Crippen LogP contribution is -2.24. The highest BCUT2D eigenvalue weighted by atomic mass is 32.2. The molecule has 0 aromatic rings. The van der Waals surface area contributed by atoms with Crippen molar-refractivity contribution in [1.82, 2.24) is 0 Å². The largest absolute Gasteiger partial charge is 0.279 e. The topological polar surface area (TPSA) is 12.4 Å². The predicted molar refractivity (Wildman–Crippen MR) is 44.3 cm³/mol. The number of hydrogen-bond donors (Lipinski definition) is 0. The third kappa shape index (κ3) is 1.29. The Labute approximate surface area is 60.9 Å². The van der Waals surface area contributed by atoms with Crippen LogP contribution in [0.3, 0.4) is 0 Å². The van der Waals surface area contributed by atoms with E-state index >= 15 is 0 Å². The molecule has 1 heterocycles. The van der Waals surface area contributed by atoms with Gasteiger partial charge in [0, 0.05) is 5.75 Å². The summed E-state index contributed by atoms with van der Waals surface area (Å²) < 4.78 is 0. The second-order valence-corrected chi connectivity index (χ2v) is 3.31. The second-order valence-electron chi connectivity index (χ2n) is 2.48. The average Bonchev–Trinajstić information content (AvgIpc) is 2.36. The predicted octanol–water partition coefficient (Wildman–Crippen LogP) is 2.32. The van der Waals surface area contributed by atoms with E-state index in [2.05, 4.69) is 18.8 Å². The third-order valence-corrected chi connectivity index (χ3v) is 3.03. The molecule has 0 radical (unpaired) electrons. The lowest BCUT2D eigenvalue weighted by Gasteiger charge is -2.20. The third-order valence-electron chi connectivity index (χ3n) is 2.07. The van der Waals surface area contributed by atoms with E-state index in [1.165, 1.54) is 18.6 Å². The molecule has 9 heavy (non-hydrogen) atoms.